The summed E-state index contributed by atoms with van der Waals surface area (Å²) < 4.78 is 32.9. The fraction of sp³-hybridized carbons (Fsp3) is 0.529. The van der Waals surface area contributed by atoms with Crippen molar-refractivity contribution in [2.75, 3.05) is 24.5 Å². The Kier molecular flexibility index (Phi) is 4.36. The average molecular weight is 366 g/mol. The number of Topliss-reactive ketones (excluding diaryl/α,β-unsaturated/α-hetero) is 1. The first-order valence-electron chi connectivity index (χ1n) is 8.23. The largest absolute Gasteiger partial charge is 0.484 e. The Morgan fingerprint density at radius 2 is 1.84 bits per heavy atom. The van der Waals surface area contributed by atoms with Crippen LogP contribution in [0.3, 0.4) is 0 Å². The number of carbonyl (C=O) groups excluding carboxylic acids is 2. The number of fused-ring (bicyclic) bond motifs is 1. The van der Waals surface area contributed by atoms with Gasteiger partial charge in [0, 0.05) is 32.9 Å². The van der Waals surface area contributed by atoms with Crippen LogP contribution in [0.2, 0.25) is 0 Å². The summed E-state index contributed by atoms with van der Waals surface area (Å²) in [6, 6.07) is 4.57. The van der Waals surface area contributed by atoms with Gasteiger partial charge >= 0.3 is 0 Å². The summed E-state index contributed by atoms with van der Waals surface area (Å²) in [5.41, 5.74) is -0.0901. The van der Waals surface area contributed by atoms with Crippen LogP contribution in [0.15, 0.2) is 23.1 Å². The van der Waals surface area contributed by atoms with E-state index in [1.807, 2.05) is 13.8 Å². The lowest BCUT2D eigenvalue weighted by Gasteiger charge is -2.39. The van der Waals surface area contributed by atoms with Gasteiger partial charge in [-0.15, -0.1) is 0 Å². The highest BCUT2D eigenvalue weighted by molar-refractivity contribution is 7.89. The molecule has 1 saturated heterocycles. The maximum Gasteiger partial charge on any atom is 0.243 e. The standard InChI is InChI=1S/C17H22N2O5S/c1-12(20)19-11-17(2,3)24-16-5-4-14(10-15(16)19)25(22,23)18-8-6-13(21)7-9-18/h4-5,10H,6-9,11H2,1-3H3. The number of piperidine rings is 1. The van der Waals surface area contributed by atoms with Crippen LogP contribution in [-0.2, 0) is 19.6 Å². The lowest BCUT2D eigenvalue weighted by molar-refractivity contribution is -0.120. The molecule has 1 fully saturated rings. The maximum absolute atomic E-state index is 12.9. The number of nitrogens with zero attached hydrogens (tertiary/aromatic N) is 2. The Morgan fingerprint density at radius 1 is 1.20 bits per heavy atom. The Labute approximate surface area is 147 Å². The molecule has 3 rings (SSSR count). The molecule has 0 unspecified atom stereocenters. The monoisotopic (exact) mass is 366 g/mol. The normalized spacial score (nSPS) is 20.8. The van der Waals surface area contributed by atoms with Gasteiger partial charge in [-0.2, -0.15) is 4.31 Å². The average Bonchev–Trinajstić information content (AvgIpc) is 2.53. The van der Waals surface area contributed by atoms with Gasteiger partial charge in [0.15, 0.2) is 0 Å². The van der Waals surface area contributed by atoms with Gasteiger partial charge in [0.05, 0.1) is 17.1 Å². The van der Waals surface area contributed by atoms with Gasteiger partial charge in [-0.3, -0.25) is 9.59 Å². The van der Waals surface area contributed by atoms with Crippen molar-refractivity contribution in [3.05, 3.63) is 18.2 Å². The summed E-state index contributed by atoms with van der Waals surface area (Å²) in [5, 5.41) is 0. The molecule has 0 saturated carbocycles. The van der Waals surface area contributed by atoms with E-state index < -0.39 is 15.6 Å². The van der Waals surface area contributed by atoms with Crippen molar-refractivity contribution in [1.29, 1.82) is 0 Å². The van der Waals surface area contributed by atoms with Crippen LogP contribution in [0.25, 0.3) is 0 Å². The maximum atomic E-state index is 12.9. The van der Waals surface area contributed by atoms with E-state index in [1.54, 1.807) is 6.07 Å². The second-order valence-electron chi connectivity index (χ2n) is 7.04. The predicted molar refractivity (Wildman–Crippen MR) is 92.2 cm³/mol. The highest BCUT2D eigenvalue weighted by Crippen LogP contribution is 2.39. The van der Waals surface area contributed by atoms with Crippen molar-refractivity contribution in [1.82, 2.24) is 4.31 Å². The molecule has 1 aromatic carbocycles. The van der Waals surface area contributed by atoms with Crippen molar-refractivity contribution < 1.29 is 22.7 Å². The van der Waals surface area contributed by atoms with Crippen molar-refractivity contribution in [3.63, 3.8) is 0 Å². The van der Waals surface area contributed by atoms with Gasteiger partial charge < -0.3 is 9.64 Å². The molecule has 1 aromatic rings. The topological polar surface area (TPSA) is 84.0 Å². The Balaban J connectivity index is 1.99. The zero-order valence-electron chi connectivity index (χ0n) is 14.6. The highest BCUT2D eigenvalue weighted by atomic mass is 32.2. The molecule has 2 aliphatic rings. The SMILES string of the molecule is CC(=O)N1CC(C)(C)Oc2ccc(S(=O)(=O)N3CCC(=O)CC3)cc21. The molecule has 0 aliphatic carbocycles. The van der Waals surface area contributed by atoms with E-state index >= 15 is 0 Å². The quantitative estimate of drug-likeness (QED) is 0.793. The number of sulfonamides is 1. The minimum absolute atomic E-state index is 0.0790. The number of ketones is 1. The number of ether oxygens (including phenoxy) is 1. The van der Waals surface area contributed by atoms with Gasteiger partial charge in [0.1, 0.15) is 17.1 Å². The zero-order chi connectivity index (χ0) is 18.4. The first kappa shape index (κ1) is 17.9. The molecule has 1 amide bonds. The number of hydrogen-bond donors (Lipinski definition) is 0. The fourth-order valence-corrected chi connectivity index (χ4v) is 4.62. The molecule has 2 aliphatic heterocycles. The van der Waals surface area contributed by atoms with E-state index in [-0.39, 0.29) is 42.5 Å². The molecule has 0 bridgehead atoms. The van der Waals surface area contributed by atoms with E-state index in [2.05, 4.69) is 0 Å². The fourth-order valence-electron chi connectivity index (χ4n) is 3.16. The van der Waals surface area contributed by atoms with Crippen LogP contribution < -0.4 is 9.64 Å². The van der Waals surface area contributed by atoms with Crippen molar-refractivity contribution in [2.45, 2.75) is 44.1 Å². The second-order valence-corrected chi connectivity index (χ2v) is 8.98. The van der Waals surface area contributed by atoms with E-state index in [9.17, 15) is 18.0 Å². The molecule has 0 atom stereocenters. The summed E-state index contributed by atoms with van der Waals surface area (Å²) >= 11 is 0. The van der Waals surface area contributed by atoms with Crippen LogP contribution in [0.1, 0.15) is 33.6 Å². The van der Waals surface area contributed by atoms with Crippen LogP contribution in [0.4, 0.5) is 5.69 Å². The molecule has 7 nitrogen and oxygen atoms in total. The summed E-state index contributed by atoms with van der Waals surface area (Å²) in [4.78, 5) is 25.0. The summed E-state index contributed by atoms with van der Waals surface area (Å²) in [6.07, 6.45) is 0.474. The first-order valence-corrected chi connectivity index (χ1v) is 9.67. The molecule has 0 spiro atoms. The highest BCUT2D eigenvalue weighted by Gasteiger charge is 2.35. The molecule has 25 heavy (non-hydrogen) atoms. The number of benzene rings is 1. The third-order valence-electron chi connectivity index (χ3n) is 4.44. The van der Waals surface area contributed by atoms with Crippen LogP contribution in [-0.4, -0.2) is 49.6 Å². The number of rotatable bonds is 2. The van der Waals surface area contributed by atoms with Crippen molar-refractivity contribution in [2.24, 2.45) is 0 Å². The summed E-state index contributed by atoms with van der Waals surface area (Å²) in [7, 11) is -3.71. The zero-order valence-corrected chi connectivity index (χ0v) is 15.4. The molecular formula is C17H22N2O5S. The second kappa shape index (κ2) is 6.10. The Morgan fingerprint density at radius 3 is 2.44 bits per heavy atom. The van der Waals surface area contributed by atoms with Gasteiger partial charge in [0.25, 0.3) is 0 Å². The third kappa shape index (κ3) is 3.41. The van der Waals surface area contributed by atoms with E-state index in [1.165, 1.54) is 28.3 Å². The molecule has 0 radical (unpaired) electrons. The molecule has 8 heteroatoms. The van der Waals surface area contributed by atoms with E-state index in [0.717, 1.165) is 0 Å². The molecule has 0 N–H and O–H groups in total. The van der Waals surface area contributed by atoms with Crippen LogP contribution in [0.5, 0.6) is 5.75 Å². The number of anilines is 1. The van der Waals surface area contributed by atoms with Crippen molar-refractivity contribution >= 4 is 27.4 Å². The smallest absolute Gasteiger partial charge is 0.243 e. The van der Waals surface area contributed by atoms with E-state index in [4.69, 9.17) is 4.74 Å². The summed E-state index contributed by atoms with van der Waals surface area (Å²) in [6.45, 7) is 5.93. The Bertz CT molecular complexity index is 821. The lowest BCUT2D eigenvalue weighted by Crippen LogP contribution is -2.48. The molecule has 2 heterocycles. The third-order valence-corrected chi connectivity index (χ3v) is 6.34. The lowest BCUT2D eigenvalue weighted by atomic mass is 10.1. The molecular weight excluding hydrogens is 344 g/mol. The van der Waals surface area contributed by atoms with Crippen LogP contribution >= 0.6 is 0 Å². The van der Waals surface area contributed by atoms with Crippen LogP contribution in [0, 0.1) is 0 Å². The minimum atomic E-state index is -3.71. The van der Waals surface area contributed by atoms with Gasteiger partial charge in [-0.25, -0.2) is 8.42 Å². The number of hydrogen-bond acceptors (Lipinski definition) is 5. The van der Waals surface area contributed by atoms with Gasteiger partial charge in [-0.05, 0) is 32.0 Å². The van der Waals surface area contributed by atoms with Gasteiger partial charge in [0.2, 0.25) is 15.9 Å². The Hall–Kier alpha value is -1.93. The van der Waals surface area contributed by atoms with Gasteiger partial charge in [-0.1, -0.05) is 0 Å². The van der Waals surface area contributed by atoms with E-state index in [0.29, 0.717) is 18.0 Å². The molecule has 0 aromatic heterocycles. The predicted octanol–water partition coefficient (Wildman–Crippen LogP) is 1.56. The first-order chi connectivity index (χ1) is 11.6. The van der Waals surface area contributed by atoms with Crippen molar-refractivity contribution in [3.8, 4) is 5.75 Å². The minimum Gasteiger partial charge on any atom is -0.484 e. The molecule has 136 valence electrons. The summed E-state index contributed by atoms with van der Waals surface area (Å²) in [5.74, 6) is 0.394. The number of amides is 1. The number of carbonyl (C=O) groups is 2.